The van der Waals surface area contributed by atoms with E-state index in [1.807, 2.05) is 58.2 Å². The van der Waals surface area contributed by atoms with Crippen LogP contribution in [0.2, 0.25) is 0 Å². The maximum atomic E-state index is 14.1. The number of H-pyrrole nitrogens is 1. The minimum Gasteiger partial charge on any atom is -0.379 e. The molecule has 8 atom stereocenters. The van der Waals surface area contributed by atoms with Crippen LogP contribution in [0.15, 0.2) is 30.5 Å². The summed E-state index contributed by atoms with van der Waals surface area (Å²) in [5.41, 5.74) is 8.17. The van der Waals surface area contributed by atoms with Gasteiger partial charge in [-0.3, -0.25) is 24.1 Å². The summed E-state index contributed by atoms with van der Waals surface area (Å²) in [5, 5.41) is 5.50. The van der Waals surface area contributed by atoms with Crippen molar-refractivity contribution < 1.29 is 33.5 Å². The number of para-hydroxylation sites is 1. The number of hydroxylamine groups is 2. The molecule has 13 nitrogen and oxygen atoms in total. The summed E-state index contributed by atoms with van der Waals surface area (Å²) in [6.07, 6.45) is 6.73. The van der Waals surface area contributed by atoms with E-state index in [0.717, 1.165) is 55.0 Å². The average molecular weight is 727 g/mol. The van der Waals surface area contributed by atoms with Crippen LogP contribution >= 0.6 is 0 Å². The van der Waals surface area contributed by atoms with Gasteiger partial charge in [0.05, 0.1) is 36.8 Å². The molecule has 0 bridgehead atoms. The molecule has 0 aliphatic carbocycles. The monoisotopic (exact) mass is 726 g/mol. The van der Waals surface area contributed by atoms with Gasteiger partial charge in [-0.25, -0.2) is 5.06 Å². The van der Waals surface area contributed by atoms with E-state index in [1.165, 1.54) is 5.06 Å². The van der Waals surface area contributed by atoms with Crippen LogP contribution in [0.3, 0.4) is 0 Å². The number of amides is 3. The van der Waals surface area contributed by atoms with Gasteiger partial charge in [-0.05, 0) is 62.1 Å². The largest absolute Gasteiger partial charge is 0.379 e. The summed E-state index contributed by atoms with van der Waals surface area (Å²) in [6.45, 7) is 10.1. The molecule has 13 heteroatoms. The number of nitrogens with zero attached hydrogens (tertiary/aromatic N) is 3. The quantitative estimate of drug-likeness (QED) is 0.185. The molecule has 2 saturated heterocycles. The number of methoxy groups -OCH3 is 2. The summed E-state index contributed by atoms with van der Waals surface area (Å²) < 4.78 is 12.1. The second-order valence-corrected chi connectivity index (χ2v) is 15.0. The number of carbonyl (C=O) groups is 4. The SMILES string of the molecule is CO[C@H]([C@@H](C)C(=O)N[C@@H](Cc1c[nH]c2ccccc12)C(=O)N1CCCCO1)[C@@H]1CCCN1CC[C@@H](OC)[C@H]([C@@H](C)CC=O)N(C)C(=O)[C@@H](N)C(C)C. The third kappa shape index (κ3) is 9.98. The fraction of sp³-hybridized carbons (Fsp3) is 0.692. The van der Waals surface area contributed by atoms with Crippen molar-refractivity contribution in [3.63, 3.8) is 0 Å². The highest BCUT2D eigenvalue weighted by atomic mass is 16.7. The van der Waals surface area contributed by atoms with Crippen molar-refractivity contribution in [3.05, 3.63) is 36.0 Å². The predicted molar refractivity (Wildman–Crippen MR) is 200 cm³/mol. The number of nitrogens with one attached hydrogen (secondary N) is 2. The van der Waals surface area contributed by atoms with Gasteiger partial charge in [0.15, 0.2) is 0 Å². The summed E-state index contributed by atoms with van der Waals surface area (Å²) in [5.74, 6) is -1.43. The Hall–Kier alpha value is -3.36. The lowest BCUT2D eigenvalue weighted by Gasteiger charge is -2.40. The molecular formula is C39H62N6O7. The van der Waals surface area contributed by atoms with Gasteiger partial charge in [-0.1, -0.05) is 45.9 Å². The molecule has 1 aromatic carbocycles. The van der Waals surface area contributed by atoms with Gasteiger partial charge < -0.3 is 35.2 Å². The number of nitrogens with two attached hydrogens (primary N) is 1. The highest BCUT2D eigenvalue weighted by Gasteiger charge is 2.41. The normalized spacial score (nSPS) is 20.9. The smallest absolute Gasteiger partial charge is 0.269 e. The summed E-state index contributed by atoms with van der Waals surface area (Å²) in [6, 6.07) is 6.04. The zero-order valence-corrected chi connectivity index (χ0v) is 32.2. The van der Waals surface area contributed by atoms with Crippen LogP contribution < -0.4 is 11.1 Å². The zero-order valence-electron chi connectivity index (χ0n) is 32.2. The molecule has 2 aromatic rings. The Labute approximate surface area is 309 Å². The van der Waals surface area contributed by atoms with E-state index in [0.29, 0.717) is 32.5 Å². The molecule has 3 heterocycles. The van der Waals surface area contributed by atoms with Crippen molar-refractivity contribution in [3.8, 4) is 0 Å². The lowest BCUT2D eigenvalue weighted by molar-refractivity contribution is -0.199. The van der Waals surface area contributed by atoms with Crippen LogP contribution in [-0.2, 0) is 39.9 Å². The third-order valence-electron chi connectivity index (χ3n) is 11.2. The van der Waals surface area contributed by atoms with E-state index in [-0.39, 0.29) is 54.2 Å². The number of hydrogen-bond acceptors (Lipinski definition) is 9. The first-order valence-electron chi connectivity index (χ1n) is 19.0. The molecule has 2 fully saturated rings. The van der Waals surface area contributed by atoms with E-state index in [9.17, 15) is 19.2 Å². The van der Waals surface area contributed by atoms with Gasteiger partial charge in [-0.2, -0.15) is 0 Å². The second-order valence-electron chi connectivity index (χ2n) is 15.0. The van der Waals surface area contributed by atoms with Crippen LogP contribution in [-0.4, -0.2) is 128 Å². The highest BCUT2D eigenvalue weighted by Crippen LogP contribution is 2.29. The van der Waals surface area contributed by atoms with Gasteiger partial charge in [0, 0.05) is 70.3 Å². The summed E-state index contributed by atoms with van der Waals surface area (Å²) in [7, 11) is 5.02. The first-order valence-corrected chi connectivity index (χ1v) is 19.0. The second kappa shape index (κ2) is 19.6. The Bertz CT molecular complexity index is 1460. The maximum Gasteiger partial charge on any atom is 0.269 e. The lowest BCUT2D eigenvalue weighted by atomic mass is 9.89. The third-order valence-corrected chi connectivity index (χ3v) is 11.2. The molecule has 4 rings (SSSR count). The molecule has 2 aliphatic heterocycles. The number of carbonyl (C=O) groups excluding carboxylic acids is 4. The molecule has 52 heavy (non-hydrogen) atoms. The van der Waals surface area contributed by atoms with Gasteiger partial charge in [-0.15, -0.1) is 0 Å². The first-order chi connectivity index (χ1) is 24.9. The Morgan fingerprint density at radius 3 is 2.50 bits per heavy atom. The van der Waals surface area contributed by atoms with Gasteiger partial charge >= 0.3 is 0 Å². The molecule has 0 radical (unpaired) electrons. The summed E-state index contributed by atoms with van der Waals surface area (Å²) in [4.78, 5) is 65.8. The van der Waals surface area contributed by atoms with Crippen LogP contribution in [0, 0.1) is 17.8 Å². The zero-order chi connectivity index (χ0) is 37.9. The molecule has 0 saturated carbocycles. The molecule has 2 aliphatic rings. The highest BCUT2D eigenvalue weighted by molar-refractivity contribution is 5.90. The molecule has 290 valence electrons. The van der Waals surface area contributed by atoms with E-state index in [1.54, 1.807) is 26.2 Å². The number of benzene rings is 1. The van der Waals surface area contributed by atoms with Crippen molar-refractivity contribution >= 4 is 34.9 Å². The Kier molecular flexibility index (Phi) is 15.6. The number of likely N-dealkylation sites (tertiary alicyclic amines) is 1. The first kappa shape index (κ1) is 41.4. The van der Waals surface area contributed by atoms with Gasteiger partial charge in [0.1, 0.15) is 12.3 Å². The number of aromatic nitrogens is 1. The Morgan fingerprint density at radius 1 is 1.10 bits per heavy atom. The molecular weight excluding hydrogens is 664 g/mol. The van der Waals surface area contributed by atoms with Crippen LogP contribution in [0.4, 0.5) is 0 Å². The predicted octanol–water partition coefficient (Wildman–Crippen LogP) is 3.31. The van der Waals surface area contributed by atoms with Crippen LogP contribution in [0.5, 0.6) is 0 Å². The van der Waals surface area contributed by atoms with Crippen molar-refractivity contribution in [1.29, 1.82) is 0 Å². The maximum absolute atomic E-state index is 14.1. The fourth-order valence-corrected chi connectivity index (χ4v) is 7.99. The van der Waals surface area contributed by atoms with E-state index >= 15 is 0 Å². The van der Waals surface area contributed by atoms with Crippen molar-refractivity contribution in [2.24, 2.45) is 23.5 Å². The molecule has 4 N–H and O–H groups in total. The van der Waals surface area contributed by atoms with Gasteiger partial charge in [0.2, 0.25) is 11.8 Å². The molecule has 0 spiro atoms. The Morgan fingerprint density at radius 2 is 1.85 bits per heavy atom. The topological polar surface area (TPSA) is 160 Å². The average Bonchev–Trinajstić information content (AvgIpc) is 3.79. The van der Waals surface area contributed by atoms with Crippen molar-refractivity contribution in [2.45, 2.75) is 109 Å². The number of rotatable bonds is 19. The van der Waals surface area contributed by atoms with Crippen molar-refractivity contribution in [1.82, 2.24) is 25.2 Å². The molecule has 1 aromatic heterocycles. The fourth-order valence-electron chi connectivity index (χ4n) is 7.99. The number of ether oxygens (including phenoxy) is 2. The number of likely N-dealkylation sites (N-methyl/N-ethyl adjacent to an activating group) is 1. The molecule has 3 amide bonds. The minimum absolute atomic E-state index is 0.0338. The van der Waals surface area contributed by atoms with Crippen LogP contribution in [0.1, 0.15) is 71.8 Å². The summed E-state index contributed by atoms with van der Waals surface area (Å²) >= 11 is 0. The molecule has 0 unspecified atom stereocenters. The van der Waals surface area contributed by atoms with E-state index in [2.05, 4.69) is 15.2 Å². The van der Waals surface area contributed by atoms with Gasteiger partial charge in [0.25, 0.3) is 5.91 Å². The minimum atomic E-state index is -0.819. The van der Waals surface area contributed by atoms with Crippen molar-refractivity contribution in [2.75, 3.05) is 47.5 Å². The van der Waals surface area contributed by atoms with E-state index < -0.39 is 24.1 Å². The Balaban J connectivity index is 1.48. The standard InChI is InChI=1S/C39H62N6O7/c1-25(2)34(40)39(49)43(5)35(26(3)17-21-46)33(50-6)16-20-44-18-12-15-32(44)36(51-7)27(4)37(47)42-31(38(48)45-19-10-11-22-52-45)23-28-24-41-30-14-9-8-13-29(28)30/h8-9,13-14,21,24-27,31-36,41H,10-12,15-20,22-23,40H2,1-7H3,(H,42,47)/t26-,27+,31-,32-,33+,34-,35-,36+/m0/s1. The van der Waals surface area contributed by atoms with Crippen LogP contribution in [0.25, 0.3) is 10.9 Å². The number of aldehydes is 1. The lowest BCUT2D eigenvalue weighted by Crippen LogP contribution is -2.56. The number of fused-ring (bicyclic) bond motifs is 1. The van der Waals surface area contributed by atoms with E-state index in [4.69, 9.17) is 20.0 Å². The number of hydrogen-bond donors (Lipinski definition) is 3. The number of aromatic amines is 1.